The molecule has 0 spiro atoms. The molecule has 2 rings (SSSR count). The molecule has 0 atom stereocenters. The van der Waals surface area contributed by atoms with E-state index in [0.717, 1.165) is 16.7 Å². The molecular weight excluding hydrogens is 362 g/mol. The van der Waals surface area contributed by atoms with Crippen molar-refractivity contribution >= 4 is 16.1 Å². The van der Waals surface area contributed by atoms with Crippen LogP contribution in [0.2, 0.25) is 0 Å². The molecule has 0 bridgehead atoms. The van der Waals surface area contributed by atoms with Gasteiger partial charge in [-0.2, -0.15) is 0 Å². The van der Waals surface area contributed by atoms with E-state index in [1.165, 1.54) is 0 Å². The van der Waals surface area contributed by atoms with Gasteiger partial charge < -0.3 is 9.47 Å². The van der Waals surface area contributed by atoms with Crippen LogP contribution in [-0.2, 0) is 16.6 Å². The van der Waals surface area contributed by atoms with Crippen LogP contribution in [0.25, 0.3) is 6.08 Å². The van der Waals surface area contributed by atoms with Gasteiger partial charge in [-0.15, -0.1) is 0 Å². The highest BCUT2D eigenvalue weighted by atomic mass is 32.2. The number of aryl methyl sites for hydroxylation is 1. The Bertz CT molecular complexity index is 901. The maximum atomic E-state index is 12.6. The zero-order chi connectivity index (χ0) is 20.0. The lowest BCUT2D eigenvalue weighted by molar-refractivity contribution is 0.229. The van der Waals surface area contributed by atoms with Crippen LogP contribution >= 0.6 is 0 Å². The van der Waals surface area contributed by atoms with Crippen molar-refractivity contribution in [3.05, 3.63) is 59.2 Å². The monoisotopic (exact) mass is 389 g/mol. The Morgan fingerprint density at radius 1 is 1.11 bits per heavy atom. The first kappa shape index (κ1) is 21.0. The summed E-state index contributed by atoms with van der Waals surface area (Å²) in [5.74, 6) is 1.22. The summed E-state index contributed by atoms with van der Waals surface area (Å²) in [6, 6.07) is 10.4. The number of methoxy groups -OCH3 is 1. The zero-order valence-corrected chi connectivity index (χ0v) is 17.3. The minimum atomic E-state index is -3.60. The summed E-state index contributed by atoms with van der Waals surface area (Å²) in [5, 5.41) is 0. The van der Waals surface area contributed by atoms with E-state index < -0.39 is 10.0 Å². The fraction of sp³-hybridized carbons (Fsp3) is 0.333. The Morgan fingerprint density at radius 2 is 1.78 bits per heavy atom. The largest absolute Gasteiger partial charge is 0.493 e. The lowest BCUT2D eigenvalue weighted by atomic mass is 10.0. The van der Waals surface area contributed by atoms with Crippen LogP contribution in [0.1, 0.15) is 37.5 Å². The van der Waals surface area contributed by atoms with E-state index in [2.05, 4.69) is 4.72 Å². The molecule has 2 aromatic rings. The highest BCUT2D eigenvalue weighted by Crippen LogP contribution is 2.35. The summed E-state index contributed by atoms with van der Waals surface area (Å²) in [7, 11) is -2.02. The summed E-state index contributed by atoms with van der Waals surface area (Å²) in [5.41, 5.74) is 2.62. The number of ether oxygens (including phenoxy) is 2. The van der Waals surface area contributed by atoms with E-state index >= 15 is 0 Å². The average Bonchev–Trinajstić information content (AvgIpc) is 2.62. The van der Waals surface area contributed by atoms with Crippen LogP contribution in [0.5, 0.6) is 11.5 Å². The second kappa shape index (κ2) is 9.06. The number of hydrogen-bond acceptors (Lipinski definition) is 4. The highest BCUT2D eigenvalue weighted by molar-refractivity contribution is 7.89. The molecule has 27 heavy (non-hydrogen) atoms. The van der Waals surface area contributed by atoms with Gasteiger partial charge in [-0.25, -0.2) is 13.1 Å². The van der Waals surface area contributed by atoms with Crippen LogP contribution in [0, 0.1) is 6.92 Å². The number of nitrogens with one attached hydrogen (secondary N) is 1. The van der Waals surface area contributed by atoms with E-state index in [0.29, 0.717) is 11.5 Å². The van der Waals surface area contributed by atoms with Crippen LogP contribution in [-0.4, -0.2) is 21.6 Å². The summed E-state index contributed by atoms with van der Waals surface area (Å²) in [6.07, 6.45) is 3.75. The van der Waals surface area contributed by atoms with E-state index in [9.17, 15) is 8.42 Å². The van der Waals surface area contributed by atoms with Gasteiger partial charge in [0.05, 0.1) is 18.1 Å². The molecule has 0 aliphatic rings. The van der Waals surface area contributed by atoms with Crippen molar-refractivity contribution in [2.24, 2.45) is 0 Å². The molecular formula is C21H27NO4S. The Balaban J connectivity index is 2.36. The van der Waals surface area contributed by atoms with E-state index in [4.69, 9.17) is 9.47 Å². The topological polar surface area (TPSA) is 64.6 Å². The van der Waals surface area contributed by atoms with Crippen molar-refractivity contribution < 1.29 is 17.9 Å². The average molecular weight is 390 g/mol. The van der Waals surface area contributed by atoms with Crippen molar-refractivity contribution in [2.75, 3.05) is 7.11 Å². The first-order valence-electron chi connectivity index (χ1n) is 8.84. The first-order chi connectivity index (χ1) is 12.8. The summed E-state index contributed by atoms with van der Waals surface area (Å²) >= 11 is 0. The smallest absolute Gasteiger partial charge is 0.240 e. The van der Waals surface area contributed by atoms with Gasteiger partial charge in [-0.05, 0) is 51.5 Å². The maximum absolute atomic E-state index is 12.6. The van der Waals surface area contributed by atoms with Crippen molar-refractivity contribution in [3.8, 4) is 11.5 Å². The van der Waals surface area contributed by atoms with Gasteiger partial charge in [0.2, 0.25) is 10.0 Å². The van der Waals surface area contributed by atoms with Crippen molar-refractivity contribution in [1.29, 1.82) is 0 Å². The number of sulfonamides is 1. The van der Waals surface area contributed by atoms with E-state index in [-0.39, 0.29) is 17.5 Å². The highest BCUT2D eigenvalue weighted by Gasteiger charge is 2.18. The molecule has 0 saturated carbocycles. The SMILES string of the molecule is C/C=C/c1c(CNS(=O)(=O)c2ccc(C)cc2)ccc(OC)c1OC(C)C. The standard InChI is InChI=1S/C21H27NO4S/c1-6-7-19-17(10-13-20(25-5)21(19)26-15(2)3)14-22-27(23,24)18-11-8-16(4)9-12-18/h6-13,15,22H,14H2,1-5H3/b7-6+. The lowest BCUT2D eigenvalue weighted by Crippen LogP contribution is -2.24. The molecule has 0 unspecified atom stereocenters. The molecule has 0 radical (unpaired) electrons. The van der Waals surface area contributed by atoms with Gasteiger partial charge in [0, 0.05) is 12.1 Å². The van der Waals surface area contributed by atoms with Gasteiger partial charge in [-0.1, -0.05) is 35.9 Å². The fourth-order valence-corrected chi connectivity index (χ4v) is 3.62. The normalized spacial score (nSPS) is 11.9. The molecule has 0 aliphatic carbocycles. The van der Waals surface area contributed by atoms with Gasteiger partial charge >= 0.3 is 0 Å². The van der Waals surface area contributed by atoms with Crippen LogP contribution in [0.15, 0.2) is 47.4 Å². The predicted molar refractivity (Wildman–Crippen MR) is 109 cm³/mol. The molecule has 5 nitrogen and oxygen atoms in total. The minimum absolute atomic E-state index is 0.0394. The first-order valence-corrected chi connectivity index (χ1v) is 10.3. The number of benzene rings is 2. The summed E-state index contributed by atoms with van der Waals surface area (Å²) in [4.78, 5) is 0.243. The minimum Gasteiger partial charge on any atom is -0.493 e. The maximum Gasteiger partial charge on any atom is 0.240 e. The number of rotatable bonds is 8. The molecule has 6 heteroatoms. The third-order valence-corrected chi connectivity index (χ3v) is 5.36. The molecule has 1 N–H and O–H groups in total. The van der Waals surface area contributed by atoms with Crippen molar-refractivity contribution in [2.45, 2.75) is 45.2 Å². The Kier molecular flexibility index (Phi) is 7.05. The van der Waals surface area contributed by atoms with Gasteiger partial charge in [0.25, 0.3) is 0 Å². The van der Waals surface area contributed by atoms with Crippen LogP contribution in [0.3, 0.4) is 0 Å². The van der Waals surface area contributed by atoms with Crippen molar-refractivity contribution in [3.63, 3.8) is 0 Å². The number of hydrogen-bond donors (Lipinski definition) is 1. The molecule has 0 heterocycles. The third kappa shape index (κ3) is 5.34. The van der Waals surface area contributed by atoms with Gasteiger partial charge in [-0.3, -0.25) is 0 Å². The Hall–Kier alpha value is -2.31. The van der Waals surface area contributed by atoms with E-state index in [1.807, 2.05) is 45.9 Å². The lowest BCUT2D eigenvalue weighted by Gasteiger charge is -2.19. The molecule has 0 fully saturated rings. The molecule has 0 aliphatic heterocycles. The van der Waals surface area contributed by atoms with Crippen LogP contribution in [0.4, 0.5) is 0 Å². The fourth-order valence-electron chi connectivity index (χ4n) is 2.62. The molecule has 0 amide bonds. The quantitative estimate of drug-likeness (QED) is 0.731. The second-order valence-electron chi connectivity index (χ2n) is 6.47. The molecule has 0 aromatic heterocycles. The third-order valence-electron chi connectivity index (χ3n) is 3.94. The zero-order valence-electron chi connectivity index (χ0n) is 16.4. The summed E-state index contributed by atoms with van der Waals surface area (Å²) < 4.78 is 39.2. The Labute approximate surface area is 162 Å². The Morgan fingerprint density at radius 3 is 2.33 bits per heavy atom. The van der Waals surface area contributed by atoms with Gasteiger partial charge in [0.1, 0.15) is 0 Å². The summed E-state index contributed by atoms with van der Waals surface area (Å²) in [6.45, 7) is 7.84. The van der Waals surface area contributed by atoms with E-state index in [1.54, 1.807) is 37.4 Å². The second-order valence-corrected chi connectivity index (χ2v) is 8.24. The predicted octanol–water partition coefficient (Wildman–Crippen LogP) is 4.30. The molecule has 0 saturated heterocycles. The number of allylic oxidation sites excluding steroid dienone is 1. The van der Waals surface area contributed by atoms with Crippen LogP contribution < -0.4 is 14.2 Å². The van der Waals surface area contributed by atoms with Crippen molar-refractivity contribution in [1.82, 2.24) is 4.72 Å². The van der Waals surface area contributed by atoms with Gasteiger partial charge in [0.15, 0.2) is 11.5 Å². The molecule has 146 valence electrons. The molecule has 2 aromatic carbocycles.